The summed E-state index contributed by atoms with van der Waals surface area (Å²) in [4.78, 5) is 23.6. The van der Waals surface area contributed by atoms with Crippen LogP contribution in [-0.4, -0.2) is 23.6 Å². The molecule has 5 heteroatoms. The van der Waals surface area contributed by atoms with Crippen LogP contribution >= 0.6 is 0 Å². The highest BCUT2D eigenvalue weighted by molar-refractivity contribution is 5.93. The molecule has 0 aliphatic carbocycles. The number of rotatable bonds is 5. The van der Waals surface area contributed by atoms with Crippen LogP contribution in [0.2, 0.25) is 0 Å². The summed E-state index contributed by atoms with van der Waals surface area (Å²) >= 11 is 0. The molecule has 0 spiro atoms. The molecular formula is C20H20N2O3. The molecule has 3 aromatic rings. The number of benzene rings is 2. The number of amides is 1. The minimum atomic E-state index is -0.395. The Morgan fingerprint density at radius 2 is 1.80 bits per heavy atom. The molecule has 1 aromatic heterocycles. The molecule has 0 saturated heterocycles. The fraction of sp³-hybridized carbons (Fsp3) is 0.200. The molecule has 128 valence electrons. The number of hydrogen-bond donors (Lipinski definition) is 1. The van der Waals surface area contributed by atoms with Crippen molar-refractivity contribution in [3.05, 3.63) is 65.9 Å². The number of carbonyl (C=O) groups is 2. The minimum Gasteiger partial charge on any atom is -0.465 e. The van der Waals surface area contributed by atoms with E-state index < -0.39 is 5.97 Å². The lowest BCUT2D eigenvalue weighted by molar-refractivity contribution is -0.116. The van der Waals surface area contributed by atoms with Crippen molar-refractivity contribution in [2.75, 3.05) is 12.4 Å². The van der Waals surface area contributed by atoms with Gasteiger partial charge in [-0.2, -0.15) is 0 Å². The topological polar surface area (TPSA) is 60.3 Å². The molecule has 0 aliphatic heterocycles. The van der Waals surface area contributed by atoms with Crippen LogP contribution in [0.5, 0.6) is 0 Å². The first-order valence-corrected chi connectivity index (χ1v) is 8.09. The highest BCUT2D eigenvalue weighted by Gasteiger charge is 2.09. The lowest BCUT2D eigenvalue weighted by atomic mass is 10.1. The van der Waals surface area contributed by atoms with Crippen molar-refractivity contribution in [1.82, 2.24) is 4.57 Å². The molecule has 0 unspecified atom stereocenters. The largest absolute Gasteiger partial charge is 0.465 e. The molecule has 0 bridgehead atoms. The zero-order chi connectivity index (χ0) is 17.8. The summed E-state index contributed by atoms with van der Waals surface area (Å²) in [7, 11) is 3.35. The fourth-order valence-electron chi connectivity index (χ4n) is 2.90. The molecule has 0 fully saturated rings. The molecule has 0 saturated carbocycles. The summed E-state index contributed by atoms with van der Waals surface area (Å²) in [5, 5.41) is 4.03. The van der Waals surface area contributed by atoms with Crippen LogP contribution < -0.4 is 5.32 Å². The van der Waals surface area contributed by atoms with Crippen LogP contribution in [0.25, 0.3) is 10.9 Å². The number of methoxy groups -OCH3 is 1. The molecule has 1 N–H and O–H groups in total. The van der Waals surface area contributed by atoms with Gasteiger partial charge in [0, 0.05) is 36.3 Å². The van der Waals surface area contributed by atoms with Crippen LogP contribution in [0.4, 0.5) is 5.69 Å². The van der Waals surface area contributed by atoms with Gasteiger partial charge in [-0.05, 0) is 42.3 Å². The number of ether oxygens (including phenoxy) is 1. The summed E-state index contributed by atoms with van der Waals surface area (Å²) in [6.45, 7) is 0. The van der Waals surface area contributed by atoms with Crippen molar-refractivity contribution < 1.29 is 14.3 Å². The van der Waals surface area contributed by atoms with Crippen molar-refractivity contribution in [3.63, 3.8) is 0 Å². The maximum atomic E-state index is 12.2. The lowest BCUT2D eigenvalue weighted by Gasteiger charge is -2.06. The Balaban J connectivity index is 1.62. The summed E-state index contributed by atoms with van der Waals surface area (Å²) in [6, 6.07) is 14.8. The van der Waals surface area contributed by atoms with E-state index in [1.165, 1.54) is 12.5 Å². The smallest absolute Gasteiger partial charge is 0.337 e. The van der Waals surface area contributed by atoms with E-state index in [0.717, 1.165) is 11.1 Å². The van der Waals surface area contributed by atoms with Gasteiger partial charge in [-0.15, -0.1) is 0 Å². The minimum absolute atomic E-state index is 0.0567. The summed E-state index contributed by atoms with van der Waals surface area (Å²) < 4.78 is 6.73. The number of aryl methyl sites for hydroxylation is 2. The fourth-order valence-corrected chi connectivity index (χ4v) is 2.90. The first-order chi connectivity index (χ1) is 12.1. The Kier molecular flexibility index (Phi) is 4.84. The van der Waals surface area contributed by atoms with Gasteiger partial charge < -0.3 is 14.6 Å². The molecule has 2 aromatic carbocycles. The Morgan fingerprint density at radius 1 is 1.08 bits per heavy atom. The van der Waals surface area contributed by atoms with E-state index >= 15 is 0 Å². The van der Waals surface area contributed by atoms with Crippen molar-refractivity contribution in [2.24, 2.45) is 7.05 Å². The van der Waals surface area contributed by atoms with E-state index in [9.17, 15) is 9.59 Å². The van der Waals surface area contributed by atoms with E-state index in [-0.39, 0.29) is 5.91 Å². The highest BCUT2D eigenvalue weighted by atomic mass is 16.5. The zero-order valence-electron chi connectivity index (χ0n) is 14.3. The number of fused-ring (bicyclic) bond motifs is 1. The first kappa shape index (κ1) is 16.8. The Labute approximate surface area is 146 Å². The van der Waals surface area contributed by atoms with Gasteiger partial charge in [0.15, 0.2) is 0 Å². The second kappa shape index (κ2) is 7.21. The average Bonchev–Trinajstić information content (AvgIpc) is 2.96. The molecule has 0 radical (unpaired) electrons. The van der Waals surface area contributed by atoms with E-state index in [2.05, 4.69) is 33.0 Å². The van der Waals surface area contributed by atoms with Crippen LogP contribution in [0.15, 0.2) is 54.7 Å². The van der Waals surface area contributed by atoms with Crippen molar-refractivity contribution in [2.45, 2.75) is 12.8 Å². The van der Waals surface area contributed by atoms with Crippen molar-refractivity contribution >= 4 is 28.5 Å². The Bertz CT molecular complexity index is 910. The van der Waals surface area contributed by atoms with Gasteiger partial charge in [0.1, 0.15) is 0 Å². The highest BCUT2D eigenvalue weighted by Crippen LogP contribution is 2.21. The third-order valence-corrected chi connectivity index (χ3v) is 4.19. The third kappa shape index (κ3) is 3.71. The maximum Gasteiger partial charge on any atom is 0.337 e. The molecule has 0 aliphatic rings. The Hall–Kier alpha value is -3.08. The van der Waals surface area contributed by atoms with Gasteiger partial charge in [0.05, 0.1) is 12.7 Å². The zero-order valence-corrected chi connectivity index (χ0v) is 14.3. The Morgan fingerprint density at radius 3 is 2.52 bits per heavy atom. The SMILES string of the molecule is COC(=O)c1ccc(NC(=O)CCc2cn(C)c3ccccc23)cc1. The molecular weight excluding hydrogens is 316 g/mol. The number of nitrogens with one attached hydrogen (secondary N) is 1. The quantitative estimate of drug-likeness (QED) is 0.725. The van der Waals surface area contributed by atoms with Gasteiger partial charge >= 0.3 is 5.97 Å². The van der Waals surface area contributed by atoms with Crippen LogP contribution in [-0.2, 0) is 23.0 Å². The van der Waals surface area contributed by atoms with Gasteiger partial charge in [0.2, 0.25) is 5.91 Å². The van der Waals surface area contributed by atoms with Gasteiger partial charge in [-0.25, -0.2) is 4.79 Å². The monoisotopic (exact) mass is 336 g/mol. The van der Waals surface area contributed by atoms with Gasteiger partial charge in [-0.1, -0.05) is 18.2 Å². The van der Waals surface area contributed by atoms with E-state index in [4.69, 9.17) is 0 Å². The van der Waals surface area contributed by atoms with E-state index in [1.54, 1.807) is 24.3 Å². The first-order valence-electron chi connectivity index (χ1n) is 8.09. The van der Waals surface area contributed by atoms with E-state index in [1.807, 2.05) is 19.2 Å². The molecule has 25 heavy (non-hydrogen) atoms. The van der Waals surface area contributed by atoms with Crippen molar-refractivity contribution in [3.8, 4) is 0 Å². The predicted octanol–water partition coefficient (Wildman–Crippen LogP) is 3.54. The number of anilines is 1. The number of carbonyl (C=O) groups excluding carboxylic acids is 2. The summed E-state index contributed by atoms with van der Waals surface area (Å²) in [5.41, 5.74) is 3.44. The number of hydrogen-bond acceptors (Lipinski definition) is 3. The van der Waals surface area contributed by atoms with Crippen molar-refractivity contribution in [1.29, 1.82) is 0 Å². The third-order valence-electron chi connectivity index (χ3n) is 4.19. The average molecular weight is 336 g/mol. The molecule has 1 amide bonds. The second-order valence-electron chi connectivity index (χ2n) is 5.90. The van der Waals surface area contributed by atoms with Crippen LogP contribution in [0, 0.1) is 0 Å². The standard InChI is InChI=1S/C20H20N2O3/c1-22-13-15(17-5-3-4-6-18(17)22)9-12-19(23)21-16-10-7-14(8-11-16)20(24)25-2/h3-8,10-11,13H,9,12H2,1-2H3,(H,21,23). The van der Waals surface area contributed by atoms with Crippen LogP contribution in [0.1, 0.15) is 22.3 Å². The normalized spacial score (nSPS) is 10.6. The number of esters is 1. The maximum absolute atomic E-state index is 12.2. The molecule has 0 atom stereocenters. The van der Waals surface area contributed by atoms with Crippen LogP contribution in [0.3, 0.4) is 0 Å². The van der Waals surface area contributed by atoms with E-state index in [0.29, 0.717) is 24.1 Å². The molecule has 3 rings (SSSR count). The van der Waals surface area contributed by atoms with Gasteiger partial charge in [-0.3, -0.25) is 4.79 Å². The predicted molar refractivity (Wildman–Crippen MR) is 97.7 cm³/mol. The summed E-state index contributed by atoms with van der Waals surface area (Å²) in [5.74, 6) is -0.451. The number of para-hydroxylation sites is 1. The van der Waals surface area contributed by atoms with Gasteiger partial charge in [0.25, 0.3) is 0 Å². The number of aromatic nitrogens is 1. The second-order valence-corrected chi connectivity index (χ2v) is 5.90. The summed E-state index contributed by atoms with van der Waals surface area (Å²) in [6.07, 6.45) is 3.14. The number of nitrogens with zero attached hydrogens (tertiary/aromatic N) is 1. The molecule has 1 heterocycles. The molecule has 5 nitrogen and oxygen atoms in total. The lowest BCUT2D eigenvalue weighted by Crippen LogP contribution is -2.12.